The Bertz CT molecular complexity index is 1460. The number of anilines is 1. The van der Waals surface area contributed by atoms with Crippen molar-refractivity contribution in [2.75, 3.05) is 19.5 Å². The Morgan fingerprint density at radius 2 is 1.58 bits per heavy atom. The third kappa shape index (κ3) is 4.70. The van der Waals surface area contributed by atoms with Gasteiger partial charge in [0.1, 0.15) is 0 Å². The Morgan fingerprint density at radius 1 is 0.868 bits per heavy atom. The summed E-state index contributed by atoms with van der Waals surface area (Å²) < 4.78 is 10.9. The Labute approximate surface area is 223 Å². The van der Waals surface area contributed by atoms with E-state index in [1.807, 2.05) is 86.6 Å². The molecule has 38 heavy (non-hydrogen) atoms. The molecule has 2 atom stereocenters. The van der Waals surface area contributed by atoms with Gasteiger partial charge < -0.3 is 20.1 Å². The molecule has 3 aromatic rings. The number of carbonyl (C=O) groups is 2. The molecule has 0 saturated heterocycles. The van der Waals surface area contributed by atoms with Crippen LogP contribution >= 0.6 is 0 Å². The maximum absolute atomic E-state index is 13.9. The zero-order valence-electron chi connectivity index (χ0n) is 22.1. The number of benzene rings is 3. The number of nitrogens with one attached hydrogen (secondary N) is 2. The molecule has 3 aromatic carbocycles. The van der Waals surface area contributed by atoms with Crippen LogP contribution in [-0.2, 0) is 9.59 Å². The van der Waals surface area contributed by atoms with Crippen LogP contribution in [0.4, 0.5) is 5.69 Å². The number of ketones is 1. The molecule has 1 amide bonds. The van der Waals surface area contributed by atoms with Crippen molar-refractivity contribution in [1.29, 1.82) is 0 Å². The molecule has 0 saturated carbocycles. The molecular weight excluding hydrogens is 476 g/mol. The maximum atomic E-state index is 13.9. The van der Waals surface area contributed by atoms with Gasteiger partial charge in [0.15, 0.2) is 17.3 Å². The van der Waals surface area contributed by atoms with E-state index in [9.17, 15) is 9.59 Å². The van der Waals surface area contributed by atoms with E-state index in [-0.39, 0.29) is 17.6 Å². The van der Waals surface area contributed by atoms with Crippen LogP contribution in [0.2, 0.25) is 0 Å². The largest absolute Gasteiger partial charge is 0.493 e. The van der Waals surface area contributed by atoms with Crippen LogP contribution < -0.4 is 20.1 Å². The third-order valence-corrected chi connectivity index (χ3v) is 7.48. The number of para-hydroxylation sites is 1. The van der Waals surface area contributed by atoms with E-state index in [1.165, 1.54) is 0 Å². The average Bonchev–Trinajstić information content (AvgIpc) is 2.93. The molecule has 6 heteroatoms. The molecule has 194 valence electrons. The van der Waals surface area contributed by atoms with Crippen molar-refractivity contribution in [3.05, 3.63) is 112 Å². The minimum atomic E-state index is -0.449. The summed E-state index contributed by atoms with van der Waals surface area (Å²) in [7, 11) is 3.22. The number of allylic oxidation sites excluding steroid dienone is 3. The van der Waals surface area contributed by atoms with Gasteiger partial charge in [-0.3, -0.25) is 9.59 Å². The van der Waals surface area contributed by atoms with E-state index in [4.69, 9.17) is 9.47 Å². The number of dihydropyridines is 1. The van der Waals surface area contributed by atoms with Crippen molar-refractivity contribution in [2.45, 2.75) is 38.5 Å². The normalized spacial score (nSPS) is 19.0. The summed E-state index contributed by atoms with van der Waals surface area (Å²) in [6, 6.07) is 23.3. The van der Waals surface area contributed by atoms with Crippen molar-refractivity contribution >= 4 is 17.4 Å². The van der Waals surface area contributed by atoms with Gasteiger partial charge in [0.2, 0.25) is 0 Å². The topological polar surface area (TPSA) is 76.7 Å². The highest BCUT2D eigenvalue weighted by Gasteiger charge is 2.41. The zero-order valence-corrected chi connectivity index (χ0v) is 22.1. The number of rotatable bonds is 6. The number of methoxy groups -OCH3 is 2. The first-order valence-corrected chi connectivity index (χ1v) is 12.8. The lowest BCUT2D eigenvalue weighted by Crippen LogP contribution is -2.37. The van der Waals surface area contributed by atoms with Crippen LogP contribution in [0.3, 0.4) is 0 Å². The molecule has 0 fully saturated rings. The van der Waals surface area contributed by atoms with Crippen molar-refractivity contribution in [3.63, 3.8) is 0 Å². The highest BCUT2D eigenvalue weighted by atomic mass is 16.5. The SMILES string of the molecule is COc1ccc([C@@H]2CC(=O)C3=C(C2)NC(C)=C(C(=O)Nc2ccccc2C)[C@H]3c2ccccc2)cc1OC. The quantitative estimate of drug-likeness (QED) is 0.426. The first kappa shape index (κ1) is 25.3. The van der Waals surface area contributed by atoms with Gasteiger partial charge >= 0.3 is 0 Å². The minimum Gasteiger partial charge on any atom is -0.493 e. The lowest BCUT2D eigenvalue weighted by molar-refractivity contribution is -0.116. The van der Waals surface area contributed by atoms with Crippen molar-refractivity contribution in [3.8, 4) is 11.5 Å². The molecule has 0 bridgehead atoms. The fraction of sp³-hybridized carbons (Fsp3) is 0.250. The fourth-order valence-electron chi connectivity index (χ4n) is 5.56. The first-order chi connectivity index (χ1) is 18.4. The molecular formula is C32H32N2O4. The Morgan fingerprint density at radius 3 is 2.29 bits per heavy atom. The second kappa shape index (κ2) is 10.6. The number of aryl methyl sites for hydroxylation is 1. The van der Waals surface area contributed by atoms with Gasteiger partial charge in [-0.05, 0) is 61.1 Å². The minimum absolute atomic E-state index is 0.0138. The van der Waals surface area contributed by atoms with Gasteiger partial charge in [-0.2, -0.15) is 0 Å². The highest BCUT2D eigenvalue weighted by molar-refractivity contribution is 6.10. The Kier molecular flexibility index (Phi) is 7.05. The van der Waals surface area contributed by atoms with Crippen LogP contribution in [-0.4, -0.2) is 25.9 Å². The number of amides is 1. The number of carbonyl (C=O) groups excluding carboxylic acids is 2. The number of Topliss-reactive ketones (excluding diaryl/α,β-unsaturated/α-hetero) is 1. The van der Waals surface area contributed by atoms with Crippen molar-refractivity contribution in [2.24, 2.45) is 0 Å². The van der Waals surface area contributed by atoms with E-state index in [0.717, 1.165) is 33.8 Å². The maximum Gasteiger partial charge on any atom is 0.254 e. The fourth-order valence-corrected chi connectivity index (χ4v) is 5.56. The summed E-state index contributed by atoms with van der Waals surface area (Å²) in [6.45, 7) is 3.88. The highest BCUT2D eigenvalue weighted by Crippen LogP contribution is 2.46. The zero-order chi connectivity index (χ0) is 26.8. The van der Waals surface area contributed by atoms with Crippen molar-refractivity contribution in [1.82, 2.24) is 5.32 Å². The molecule has 5 rings (SSSR count). The average molecular weight is 509 g/mol. The van der Waals surface area contributed by atoms with Gasteiger partial charge in [-0.15, -0.1) is 0 Å². The molecule has 6 nitrogen and oxygen atoms in total. The van der Waals surface area contributed by atoms with Gasteiger partial charge in [0.05, 0.1) is 14.2 Å². The van der Waals surface area contributed by atoms with Gasteiger partial charge in [-0.25, -0.2) is 0 Å². The van der Waals surface area contributed by atoms with Gasteiger partial charge in [0, 0.05) is 40.6 Å². The second-order valence-electron chi connectivity index (χ2n) is 9.81. The van der Waals surface area contributed by atoms with Crippen LogP contribution in [0.25, 0.3) is 0 Å². The summed E-state index contributed by atoms with van der Waals surface area (Å²) >= 11 is 0. The van der Waals surface area contributed by atoms with Gasteiger partial charge in [-0.1, -0.05) is 54.6 Å². The molecule has 0 unspecified atom stereocenters. The summed E-state index contributed by atoms with van der Waals surface area (Å²) in [5.74, 6) is 0.666. The van der Waals surface area contributed by atoms with E-state index in [2.05, 4.69) is 10.6 Å². The standard InChI is InChI=1S/C32H32N2O4/c1-19-10-8-9-13-24(19)34-32(36)29-20(2)33-25-16-23(22-14-15-27(37-3)28(18-22)38-4)17-26(35)31(25)30(29)21-11-6-5-7-12-21/h5-15,18,23,30,33H,16-17H2,1-4H3,(H,34,36)/t23-,30+/m0/s1. The van der Waals surface area contributed by atoms with E-state index >= 15 is 0 Å². The first-order valence-electron chi connectivity index (χ1n) is 12.8. The van der Waals surface area contributed by atoms with Gasteiger partial charge in [0.25, 0.3) is 5.91 Å². The number of hydrogen-bond donors (Lipinski definition) is 2. The Balaban J connectivity index is 1.53. The number of hydrogen-bond acceptors (Lipinski definition) is 5. The molecule has 0 spiro atoms. The molecule has 1 heterocycles. The molecule has 0 aromatic heterocycles. The number of ether oxygens (including phenoxy) is 2. The lowest BCUT2D eigenvalue weighted by Gasteiger charge is -2.37. The predicted octanol–water partition coefficient (Wildman–Crippen LogP) is 6.01. The lowest BCUT2D eigenvalue weighted by atomic mass is 9.71. The van der Waals surface area contributed by atoms with Crippen LogP contribution in [0, 0.1) is 6.92 Å². The summed E-state index contributed by atoms with van der Waals surface area (Å²) in [5.41, 5.74) is 6.55. The molecule has 1 aliphatic heterocycles. The van der Waals surface area contributed by atoms with E-state index in [1.54, 1.807) is 14.2 Å². The summed E-state index contributed by atoms with van der Waals surface area (Å²) in [6.07, 6.45) is 1.01. The predicted molar refractivity (Wildman–Crippen MR) is 148 cm³/mol. The molecule has 2 N–H and O–H groups in total. The molecule has 0 radical (unpaired) electrons. The van der Waals surface area contributed by atoms with Crippen LogP contribution in [0.1, 0.15) is 48.3 Å². The van der Waals surface area contributed by atoms with E-state index in [0.29, 0.717) is 35.5 Å². The third-order valence-electron chi connectivity index (χ3n) is 7.48. The summed E-state index contributed by atoms with van der Waals surface area (Å²) in [4.78, 5) is 27.6. The van der Waals surface area contributed by atoms with Crippen LogP contribution in [0.5, 0.6) is 11.5 Å². The second-order valence-corrected chi connectivity index (χ2v) is 9.81. The van der Waals surface area contributed by atoms with Crippen molar-refractivity contribution < 1.29 is 19.1 Å². The molecule has 1 aliphatic carbocycles. The van der Waals surface area contributed by atoms with E-state index < -0.39 is 5.92 Å². The molecule has 2 aliphatic rings. The Hall–Kier alpha value is -4.32. The van der Waals surface area contributed by atoms with Crippen LogP contribution in [0.15, 0.2) is 95.3 Å². The monoisotopic (exact) mass is 508 g/mol. The summed E-state index contributed by atoms with van der Waals surface area (Å²) in [5, 5.41) is 6.53. The smallest absolute Gasteiger partial charge is 0.254 e.